The molecule has 1 aliphatic rings. The molecule has 0 atom stereocenters. The van der Waals surface area contributed by atoms with E-state index in [1.54, 1.807) is 4.57 Å². The first-order valence-corrected chi connectivity index (χ1v) is 15.8. The van der Waals surface area contributed by atoms with Gasteiger partial charge < -0.3 is 4.57 Å². The van der Waals surface area contributed by atoms with Crippen molar-refractivity contribution in [2.24, 2.45) is 5.92 Å². The molecule has 0 saturated heterocycles. The summed E-state index contributed by atoms with van der Waals surface area (Å²) in [5.74, 6) is 1.92. The van der Waals surface area contributed by atoms with Crippen LogP contribution in [-0.4, -0.2) is 39.3 Å². The third-order valence-corrected chi connectivity index (χ3v) is 8.69. The standard InChI is InChI=1S/C35H36N8O2/c1-2-3-13-30-36-33-31(34(44)41(21-20-24-9-5-4-6-10-24)35(45)43(33)23-25-14-15-25)42(30)22-26-16-18-27(19-17-26)28-11-7-8-12-29(28)32-37-39-40-38-32/h4-12,16-19,25H,2-3,13-15,20-23H2,1H3,(H,37,38,39,40). The van der Waals surface area contributed by atoms with Gasteiger partial charge >= 0.3 is 5.69 Å². The van der Waals surface area contributed by atoms with Gasteiger partial charge in [-0.3, -0.25) is 13.9 Å². The van der Waals surface area contributed by atoms with Crippen molar-refractivity contribution in [2.45, 2.75) is 65.1 Å². The van der Waals surface area contributed by atoms with E-state index in [9.17, 15) is 9.59 Å². The Labute approximate surface area is 260 Å². The molecule has 0 bridgehead atoms. The van der Waals surface area contributed by atoms with Gasteiger partial charge in [-0.1, -0.05) is 92.2 Å². The lowest BCUT2D eigenvalue weighted by Gasteiger charge is -2.14. The molecule has 0 aliphatic heterocycles. The van der Waals surface area contributed by atoms with E-state index >= 15 is 0 Å². The van der Waals surface area contributed by atoms with Crippen LogP contribution in [-0.2, 0) is 32.5 Å². The third-order valence-electron chi connectivity index (χ3n) is 8.69. The zero-order valence-corrected chi connectivity index (χ0v) is 25.4. The molecule has 7 rings (SSSR count). The van der Waals surface area contributed by atoms with Crippen molar-refractivity contribution in [3.05, 3.63) is 117 Å². The summed E-state index contributed by atoms with van der Waals surface area (Å²) >= 11 is 0. The molecule has 3 heterocycles. The molecule has 3 aromatic carbocycles. The number of benzene rings is 3. The number of aromatic amines is 1. The summed E-state index contributed by atoms with van der Waals surface area (Å²) < 4.78 is 5.25. The number of fused-ring (bicyclic) bond motifs is 1. The smallest absolute Gasteiger partial charge is 0.318 e. The Kier molecular flexibility index (Phi) is 7.94. The Morgan fingerprint density at radius 1 is 0.822 bits per heavy atom. The van der Waals surface area contributed by atoms with Crippen LogP contribution in [0.3, 0.4) is 0 Å². The van der Waals surface area contributed by atoms with E-state index in [4.69, 9.17) is 4.98 Å². The van der Waals surface area contributed by atoms with Gasteiger partial charge in [0.15, 0.2) is 17.0 Å². The Bertz CT molecular complexity index is 2040. The van der Waals surface area contributed by atoms with Gasteiger partial charge in [0.2, 0.25) is 0 Å². The van der Waals surface area contributed by atoms with Crippen LogP contribution in [0.5, 0.6) is 0 Å². The van der Waals surface area contributed by atoms with Gasteiger partial charge in [0.05, 0.1) is 0 Å². The van der Waals surface area contributed by atoms with Crippen molar-refractivity contribution in [3.63, 3.8) is 0 Å². The Balaban J connectivity index is 1.29. The van der Waals surface area contributed by atoms with Gasteiger partial charge in [-0.15, -0.1) is 5.10 Å². The number of aromatic nitrogens is 8. The lowest BCUT2D eigenvalue weighted by Crippen LogP contribution is -2.41. The minimum absolute atomic E-state index is 0.257. The van der Waals surface area contributed by atoms with Crippen LogP contribution in [0.2, 0.25) is 0 Å². The normalized spacial score (nSPS) is 13.1. The average Bonchev–Trinajstić information content (AvgIpc) is 3.58. The van der Waals surface area contributed by atoms with Gasteiger partial charge in [-0.2, -0.15) is 0 Å². The maximum Gasteiger partial charge on any atom is 0.332 e. The lowest BCUT2D eigenvalue weighted by atomic mass is 9.98. The molecule has 228 valence electrons. The van der Waals surface area contributed by atoms with Crippen molar-refractivity contribution in [1.29, 1.82) is 0 Å². The van der Waals surface area contributed by atoms with Crippen LogP contribution in [0.15, 0.2) is 88.5 Å². The maximum atomic E-state index is 14.2. The monoisotopic (exact) mass is 600 g/mol. The van der Waals surface area contributed by atoms with Crippen molar-refractivity contribution in [1.82, 2.24) is 39.3 Å². The van der Waals surface area contributed by atoms with E-state index in [0.29, 0.717) is 49.0 Å². The maximum absolute atomic E-state index is 14.2. The molecule has 0 amide bonds. The highest BCUT2D eigenvalue weighted by Gasteiger charge is 2.27. The van der Waals surface area contributed by atoms with Crippen LogP contribution in [0.4, 0.5) is 0 Å². The Morgan fingerprint density at radius 2 is 1.58 bits per heavy atom. The van der Waals surface area contributed by atoms with Gasteiger partial charge in [0.1, 0.15) is 5.82 Å². The first-order valence-electron chi connectivity index (χ1n) is 15.8. The fourth-order valence-electron chi connectivity index (χ4n) is 6.02. The molecule has 0 radical (unpaired) electrons. The summed E-state index contributed by atoms with van der Waals surface area (Å²) in [4.78, 5) is 33.0. The Hall–Kier alpha value is -5.12. The highest BCUT2D eigenvalue weighted by Crippen LogP contribution is 2.32. The number of hydrogen-bond donors (Lipinski definition) is 1. The van der Waals surface area contributed by atoms with E-state index in [0.717, 1.165) is 65.7 Å². The van der Waals surface area contributed by atoms with Crippen LogP contribution in [0.1, 0.15) is 49.6 Å². The number of unbranched alkanes of at least 4 members (excludes halogenated alkanes) is 1. The van der Waals surface area contributed by atoms with Crippen LogP contribution in [0.25, 0.3) is 33.7 Å². The largest absolute Gasteiger partial charge is 0.332 e. The molecule has 10 heteroatoms. The highest BCUT2D eigenvalue weighted by atomic mass is 16.2. The lowest BCUT2D eigenvalue weighted by molar-refractivity contribution is 0.541. The number of nitrogens with zero attached hydrogens (tertiary/aromatic N) is 7. The predicted octanol–water partition coefficient (Wildman–Crippen LogP) is 5.25. The first-order chi connectivity index (χ1) is 22.1. The zero-order chi connectivity index (χ0) is 30.8. The van der Waals surface area contributed by atoms with Gasteiger partial charge in [0, 0.05) is 31.6 Å². The summed E-state index contributed by atoms with van der Waals surface area (Å²) in [6.45, 7) is 3.56. The van der Waals surface area contributed by atoms with Crippen molar-refractivity contribution >= 4 is 11.2 Å². The summed E-state index contributed by atoms with van der Waals surface area (Å²) in [5, 5.41) is 14.4. The minimum atomic E-state index is -0.264. The predicted molar refractivity (Wildman–Crippen MR) is 174 cm³/mol. The van der Waals surface area contributed by atoms with Gasteiger partial charge in [-0.05, 0) is 64.3 Å². The fraction of sp³-hybridized carbons (Fsp3) is 0.314. The van der Waals surface area contributed by atoms with Crippen molar-refractivity contribution in [2.75, 3.05) is 0 Å². The summed E-state index contributed by atoms with van der Waals surface area (Å²) in [5.41, 5.74) is 5.63. The van der Waals surface area contributed by atoms with Crippen LogP contribution < -0.4 is 11.2 Å². The number of hydrogen-bond acceptors (Lipinski definition) is 6. The molecule has 1 saturated carbocycles. The van der Waals surface area contributed by atoms with Crippen molar-refractivity contribution < 1.29 is 0 Å². The number of tetrazole rings is 1. The summed E-state index contributed by atoms with van der Waals surface area (Å²) in [6, 6.07) is 26.4. The molecule has 1 N–H and O–H groups in total. The van der Waals surface area contributed by atoms with Gasteiger partial charge in [0.25, 0.3) is 5.56 Å². The average molecular weight is 601 g/mol. The van der Waals surface area contributed by atoms with Crippen molar-refractivity contribution in [3.8, 4) is 22.5 Å². The minimum Gasteiger partial charge on any atom is -0.318 e. The highest BCUT2D eigenvalue weighted by molar-refractivity contribution is 5.80. The zero-order valence-electron chi connectivity index (χ0n) is 25.4. The molecule has 1 fully saturated rings. The Morgan fingerprint density at radius 3 is 2.29 bits per heavy atom. The van der Waals surface area contributed by atoms with E-state index in [1.165, 1.54) is 4.57 Å². The second-order valence-corrected chi connectivity index (χ2v) is 11.9. The van der Waals surface area contributed by atoms with E-state index in [2.05, 4.69) is 62.4 Å². The SMILES string of the molecule is CCCCc1nc2c(c(=O)n(CCc3ccccc3)c(=O)n2CC2CC2)n1Cc1ccc(-c2ccccc2-c2nnn[nH]2)cc1. The first kappa shape index (κ1) is 28.6. The molecule has 3 aromatic heterocycles. The summed E-state index contributed by atoms with van der Waals surface area (Å²) in [6.07, 6.45) is 5.50. The quantitative estimate of drug-likeness (QED) is 0.205. The molecular formula is C35H36N8O2. The number of H-pyrrole nitrogens is 1. The van der Waals surface area contributed by atoms with E-state index < -0.39 is 0 Å². The molecule has 1 aliphatic carbocycles. The van der Waals surface area contributed by atoms with Crippen LogP contribution >= 0.6 is 0 Å². The molecule has 0 spiro atoms. The number of imidazole rings is 1. The third kappa shape index (κ3) is 5.87. The van der Waals surface area contributed by atoms with E-state index in [1.807, 2.05) is 48.5 Å². The second-order valence-electron chi connectivity index (χ2n) is 11.9. The van der Waals surface area contributed by atoms with Gasteiger partial charge in [-0.25, -0.2) is 14.9 Å². The number of aryl methyl sites for hydroxylation is 2. The molecular weight excluding hydrogens is 564 g/mol. The van der Waals surface area contributed by atoms with E-state index in [-0.39, 0.29) is 11.2 Å². The van der Waals surface area contributed by atoms with Crippen LogP contribution in [0, 0.1) is 5.92 Å². The molecule has 6 aromatic rings. The number of rotatable bonds is 12. The second kappa shape index (κ2) is 12.5. The summed E-state index contributed by atoms with van der Waals surface area (Å²) in [7, 11) is 0. The molecule has 0 unspecified atom stereocenters. The molecule has 10 nitrogen and oxygen atoms in total. The molecule has 45 heavy (non-hydrogen) atoms. The topological polar surface area (TPSA) is 116 Å². The fourth-order valence-corrected chi connectivity index (χ4v) is 6.02. The number of nitrogens with one attached hydrogen (secondary N) is 1.